The summed E-state index contributed by atoms with van der Waals surface area (Å²) in [7, 11) is 0. The summed E-state index contributed by atoms with van der Waals surface area (Å²) in [6.07, 6.45) is 6.02. The second kappa shape index (κ2) is 6.15. The Morgan fingerprint density at radius 3 is 3.08 bits per heavy atom. The van der Waals surface area contributed by atoms with Crippen LogP contribution in [0.1, 0.15) is 6.42 Å². The van der Waals surface area contributed by atoms with Crippen molar-refractivity contribution in [2.75, 3.05) is 25.0 Å². The lowest BCUT2D eigenvalue weighted by atomic mass is 10.2. The van der Waals surface area contributed by atoms with Crippen molar-refractivity contribution in [3.8, 4) is 17.0 Å². The summed E-state index contributed by atoms with van der Waals surface area (Å²) in [5.41, 5.74) is 2.22. The Morgan fingerprint density at radius 1 is 1.21 bits per heavy atom. The van der Waals surface area contributed by atoms with Crippen molar-refractivity contribution >= 4 is 17.4 Å². The topological polar surface area (TPSA) is 93.4 Å². The van der Waals surface area contributed by atoms with E-state index in [9.17, 15) is 4.79 Å². The number of hydrogen-bond donors (Lipinski definition) is 2. The van der Waals surface area contributed by atoms with Gasteiger partial charge < -0.3 is 15.4 Å². The predicted octanol–water partition coefficient (Wildman–Crippen LogP) is 1.10. The highest BCUT2D eigenvalue weighted by atomic mass is 16.5. The molecule has 0 fully saturated rings. The molecule has 0 saturated carbocycles. The lowest BCUT2D eigenvalue weighted by Gasteiger charge is -2.08. The zero-order valence-electron chi connectivity index (χ0n) is 12.9. The van der Waals surface area contributed by atoms with Gasteiger partial charge in [-0.2, -0.15) is 5.10 Å². The van der Waals surface area contributed by atoms with Crippen LogP contribution in [0.2, 0.25) is 0 Å². The molecule has 1 amide bonds. The van der Waals surface area contributed by atoms with Gasteiger partial charge in [0.05, 0.1) is 17.5 Å². The summed E-state index contributed by atoms with van der Waals surface area (Å²) in [5.74, 6) is 1.20. The maximum absolute atomic E-state index is 11.8. The van der Waals surface area contributed by atoms with E-state index in [1.807, 2.05) is 12.3 Å². The molecule has 24 heavy (non-hydrogen) atoms. The average molecular weight is 324 g/mol. The number of nitrogens with zero attached hydrogens (tertiary/aromatic N) is 4. The van der Waals surface area contributed by atoms with Crippen LogP contribution < -0.4 is 15.4 Å². The molecule has 0 spiro atoms. The number of carbonyl (C=O) groups is 1. The molecule has 4 rings (SSSR count). The molecule has 3 aromatic rings. The van der Waals surface area contributed by atoms with Gasteiger partial charge in [-0.25, -0.2) is 9.50 Å². The number of amides is 1. The van der Waals surface area contributed by atoms with Crippen molar-refractivity contribution in [1.82, 2.24) is 24.9 Å². The number of rotatable bonds is 0. The molecule has 4 bridgehead atoms. The second-order valence-corrected chi connectivity index (χ2v) is 5.43. The van der Waals surface area contributed by atoms with Crippen LogP contribution in [0, 0.1) is 0 Å². The Morgan fingerprint density at radius 2 is 2.12 bits per heavy atom. The van der Waals surface area contributed by atoms with E-state index < -0.39 is 0 Å². The van der Waals surface area contributed by atoms with Crippen LogP contribution in [-0.2, 0) is 4.79 Å². The molecular formula is C16H16N6O2. The first-order chi connectivity index (χ1) is 11.8. The van der Waals surface area contributed by atoms with E-state index in [0.717, 1.165) is 17.8 Å². The first-order valence-corrected chi connectivity index (χ1v) is 7.74. The summed E-state index contributed by atoms with van der Waals surface area (Å²) in [4.78, 5) is 20.8. The third-order valence-electron chi connectivity index (χ3n) is 3.73. The SMILES string of the molecule is O=C1COc2ccnc(c2)-c2cnn3ccc(nc23)NCCCN1. The van der Waals surface area contributed by atoms with Crippen LogP contribution in [0.15, 0.2) is 36.8 Å². The van der Waals surface area contributed by atoms with Crippen molar-refractivity contribution < 1.29 is 9.53 Å². The molecule has 3 aromatic heterocycles. The van der Waals surface area contributed by atoms with Gasteiger partial charge in [-0.3, -0.25) is 9.78 Å². The van der Waals surface area contributed by atoms with Crippen molar-refractivity contribution in [2.45, 2.75) is 6.42 Å². The fraction of sp³-hybridized carbons (Fsp3) is 0.250. The third kappa shape index (κ3) is 2.85. The van der Waals surface area contributed by atoms with Crippen LogP contribution in [0.5, 0.6) is 5.75 Å². The predicted molar refractivity (Wildman–Crippen MR) is 87.8 cm³/mol. The highest BCUT2D eigenvalue weighted by Gasteiger charge is 2.12. The fourth-order valence-corrected chi connectivity index (χ4v) is 2.53. The van der Waals surface area contributed by atoms with E-state index in [1.165, 1.54) is 0 Å². The van der Waals surface area contributed by atoms with Gasteiger partial charge in [-0.05, 0) is 18.6 Å². The largest absolute Gasteiger partial charge is 0.484 e. The molecular weight excluding hydrogens is 308 g/mol. The van der Waals surface area contributed by atoms with Crippen LogP contribution >= 0.6 is 0 Å². The molecule has 0 radical (unpaired) electrons. The van der Waals surface area contributed by atoms with E-state index in [2.05, 4.69) is 25.7 Å². The Hall–Kier alpha value is -3.16. The van der Waals surface area contributed by atoms with Gasteiger partial charge in [-0.1, -0.05) is 0 Å². The number of pyridine rings is 1. The molecule has 8 nitrogen and oxygen atoms in total. The maximum Gasteiger partial charge on any atom is 0.257 e. The van der Waals surface area contributed by atoms with Gasteiger partial charge in [-0.15, -0.1) is 0 Å². The van der Waals surface area contributed by atoms with E-state index >= 15 is 0 Å². The van der Waals surface area contributed by atoms with Crippen molar-refractivity contribution in [2.24, 2.45) is 0 Å². The first kappa shape index (κ1) is 14.4. The fourth-order valence-electron chi connectivity index (χ4n) is 2.53. The Balaban J connectivity index is 1.78. The standard InChI is InChI=1S/C16H16N6O2/c23-15-10-24-11-2-6-17-13(8-11)12-9-20-22-7-3-14(21-16(12)22)18-4-1-5-19-15/h2-3,6-9H,1,4-5,10H2,(H,18,21)(H,19,23). The Bertz CT molecular complexity index is 891. The number of carbonyl (C=O) groups excluding carboxylic acids is 1. The molecule has 0 aromatic carbocycles. The molecule has 4 heterocycles. The van der Waals surface area contributed by atoms with Crippen molar-refractivity contribution in [3.63, 3.8) is 0 Å². The molecule has 1 aliphatic heterocycles. The summed E-state index contributed by atoms with van der Waals surface area (Å²) in [5, 5.41) is 10.4. The normalized spacial score (nSPS) is 15.1. The zero-order chi connectivity index (χ0) is 16.4. The summed E-state index contributed by atoms with van der Waals surface area (Å²) < 4.78 is 7.25. The quantitative estimate of drug-likeness (QED) is 0.643. The van der Waals surface area contributed by atoms with Gasteiger partial charge in [0.15, 0.2) is 12.3 Å². The van der Waals surface area contributed by atoms with Crippen molar-refractivity contribution in [3.05, 3.63) is 36.8 Å². The third-order valence-corrected chi connectivity index (χ3v) is 3.73. The summed E-state index contributed by atoms with van der Waals surface area (Å²) in [6, 6.07) is 5.38. The molecule has 8 heteroatoms. The number of hydrogen-bond acceptors (Lipinski definition) is 6. The summed E-state index contributed by atoms with van der Waals surface area (Å²) >= 11 is 0. The lowest BCUT2D eigenvalue weighted by molar-refractivity contribution is -0.123. The van der Waals surface area contributed by atoms with Crippen molar-refractivity contribution in [1.29, 1.82) is 0 Å². The molecule has 0 unspecified atom stereocenters. The van der Waals surface area contributed by atoms with Crippen LogP contribution in [0.3, 0.4) is 0 Å². The molecule has 0 atom stereocenters. The van der Waals surface area contributed by atoms with Gasteiger partial charge >= 0.3 is 0 Å². The first-order valence-electron chi connectivity index (χ1n) is 7.74. The highest BCUT2D eigenvalue weighted by Crippen LogP contribution is 2.25. The Labute approximate surface area is 137 Å². The maximum atomic E-state index is 11.8. The number of aromatic nitrogens is 4. The molecule has 1 aliphatic rings. The van der Waals surface area contributed by atoms with Crippen LogP contribution in [0.4, 0.5) is 5.82 Å². The van der Waals surface area contributed by atoms with Gasteiger partial charge in [0.2, 0.25) is 0 Å². The van der Waals surface area contributed by atoms with E-state index in [1.54, 1.807) is 29.0 Å². The van der Waals surface area contributed by atoms with Gasteiger partial charge in [0, 0.05) is 31.5 Å². The molecule has 2 N–H and O–H groups in total. The zero-order valence-corrected chi connectivity index (χ0v) is 12.9. The number of fused-ring (bicyclic) bond motifs is 4. The number of anilines is 1. The molecule has 0 saturated heterocycles. The molecule has 122 valence electrons. The number of ether oxygens (including phenoxy) is 1. The van der Waals surface area contributed by atoms with E-state index in [4.69, 9.17) is 4.74 Å². The smallest absolute Gasteiger partial charge is 0.257 e. The van der Waals surface area contributed by atoms with Gasteiger partial charge in [0.1, 0.15) is 11.6 Å². The monoisotopic (exact) mass is 324 g/mol. The second-order valence-electron chi connectivity index (χ2n) is 5.43. The van der Waals surface area contributed by atoms with E-state index in [-0.39, 0.29) is 12.5 Å². The minimum atomic E-state index is -0.144. The minimum Gasteiger partial charge on any atom is -0.484 e. The highest BCUT2D eigenvalue weighted by molar-refractivity contribution is 5.78. The van der Waals surface area contributed by atoms with E-state index in [0.29, 0.717) is 30.2 Å². The minimum absolute atomic E-state index is 0.0215. The Kier molecular flexibility index (Phi) is 3.70. The van der Waals surface area contributed by atoms with Crippen LogP contribution in [0.25, 0.3) is 16.9 Å². The lowest BCUT2D eigenvalue weighted by Crippen LogP contribution is -2.30. The molecule has 0 aliphatic carbocycles. The van der Waals surface area contributed by atoms with Gasteiger partial charge in [0.25, 0.3) is 5.91 Å². The summed E-state index contributed by atoms with van der Waals surface area (Å²) in [6.45, 7) is 1.27. The number of nitrogens with one attached hydrogen (secondary N) is 2. The van der Waals surface area contributed by atoms with Crippen LogP contribution in [-0.4, -0.2) is 45.2 Å². The average Bonchev–Trinajstić information content (AvgIpc) is 3.02.